The summed E-state index contributed by atoms with van der Waals surface area (Å²) in [6, 6.07) is 10.1. The van der Waals surface area contributed by atoms with E-state index in [4.69, 9.17) is 4.74 Å². The van der Waals surface area contributed by atoms with Crippen LogP contribution in [0, 0.1) is 5.92 Å². The maximum Gasteiger partial charge on any atom is 0.250 e. The van der Waals surface area contributed by atoms with Crippen molar-refractivity contribution >= 4 is 5.91 Å². The van der Waals surface area contributed by atoms with Gasteiger partial charge in [0.2, 0.25) is 5.91 Å². The van der Waals surface area contributed by atoms with E-state index in [1.807, 2.05) is 41.3 Å². The van der Waals surface area contributed by atoms with Gasteiger partial charge in [-0.3, -0.25) is 4.79 Å². The minimum atomic E-state index is 0.160. The smallest absolute Gasteiger partial charge is 0.250 e. The largest absolute Gasteiger partial charge is 0.489 e. The lowest BCUT2D eigenvalue weighted by Crippen LogP contribution is -2.47. The average Bonchev–Trinajstić information content (AvgIpc) is 2.60. The third kappa shape index (κ3) is 4.23. The van der Waals surface area contributed by atoms with Gasteiger partial charge >= 0.3 is 0 Å². The number of amides is 1. The van der Waals surface area contributed by atoms with Crippen LogP contribution in [0.3, 0.4) is 0 Å². The Morgan fingerprint density at radius 3 is 2.74 bits per heavy atom. The molecule has 0 aromatic heterocycles. The minimum absolute atomic E-state index is 0.160. The highest BCUT2D eigenvalue weighted by molar-refractivity contribution is 5.94. The third-order valence-corrected chi connectivity index (χ3v) is 4.23. The Labute approximate surface area is 137 Å². The highest BCUT2D eigenvalue weighted by atomic mass is 16.5. The molecule has 23 heavy (non-hydrogen) atoms. The van der Waals surface area contributed by atoms with E-state index in [1.165, 1.54) is 0 Å². The molecule has 0 bridgehead atoms. The molecule has 0 unspecified atom stereocenters. The lowest BCUT2D eigenvalue weighted by molar-refractivity contribution is -0.128. The molecular weight excluding hydrogens is 288 g/mol. The third-order valence-electron chi connectivity index (χ3n) is 4.23. The SMILES string of the molecule is C[C@H]1C=C(OCc2ccccc2)C=C(C(=O)N2CCNCC2)C1. The van der Waals surface area contributed by atoms with E-state index in [2.05, 4.69) is 18.3 Å². The Balaban J connectivity index is 1.65. The van der Waals surface area contributed by atoms with Gasteiger partial charge in [0.05, 0.1) is 0 Å². The standard InChI is InChI=1S/C19H24N2O2/c1-15-11-17(19(22)21-9-7-20-8-10-21)13-18(12-15)23-14-16-5-3-2-4-6-16/h2-6,12-13,15,20H,7-11,14H2,1H3/t15-/m1/s1. The van der Waals surface area contributed by atoms with Crippen molar-refractivity contribution in [2.45, 2.75) is 20.0 Å². The lowest BCUT2D eigenvalue weighted by Gasteiger charge is -2.29. The number of hydrogen-bond donors (Lipinski definition) is 1. The van der Waals surface area contributed by atoms with E-state index in [1.54, 1.807) is 0 Å². The van der Waals surface area contributed by atoms with E-state index < -0.39 is 0 Å². The number of benzene rings is 1. The average molecular weight is 312 g/mol. The van der Waals surface area contributed by atoms with Crippen molar-refractivity contribution in [2.75, 3.05) is 26.2 Å². The number of carbonyl (C=O) groups excluding carboxylic acids is 1. The van der Waals surface area contributed by atoms with Crippen LogP contribution in [-0.4, -0.2) is 37.0 Å². The van der Waals surface area contributed by atoms with Crippen LogP contribution in [0.5, 0.6) is 0 Å². The second-order valence-corrected chi connectivity index (χ2v) is 6.24. The van der Waals surface area contributed by atoms with Crippen LogP contribution >= 0.6 is 0 Å². The maximum absolute atomic E-state index is 12.7. The van der Waals surface area contributed by atoms with Crippen molar-refractivity contribution in [3.8, 4) is 0 Å². The Morgan fingerprint density at radius 1 is 1.26 bits per heavy atom. The number of allylic oxidation sites excluding steroid dienone is 2. The fourth-order valence-electron chi connectivity index (χ4n) is 3.02. The number of piperazine rings is 1. The monoisotopic (exact) mass is 312 g/mol. The second-order valence-electron chi connectivity index (χ2n) is 6.24. The van der Waals surface area contributed by atoms with Gasteiger partial charge in [0, 0.05) is 31.8 Å². The van der Waals surface area contributed by atoms with Gasteiger partial charge in [-0.1, -0.05) is 37.3 Å². The second kappa shape index (κ2) is 7.47. The molecule has 1 atom stereocenters. The number of hydrogen-bond acceptors (Lipinski definition) is 3. The molecule has 1 saturated heterocycles. The van der Waals surface area contributed by atoms with Gasteiger partial charge in [0.1, 0.15) is 12.4 Å². The van der Waals surface area contributed by atoms with Crippen LogP contribution in [0.2, 0.25) is 0 Å². The number of nitrogens with one attached hydrogen (secondary N) is 1. The molecule has 122 valence electrons. The van der Waals surface area contributed by atoms with Crippen LogP contribution < -0.4 is 5.32 Å². The van der Waals surface area contributed by atoms with Crippen LogP contribution in [0.4, 0.5) is 0 Å². The Bertz CT molecular complexity index is 601. The molecule has 1 N–H and O–H groups in total. The number of carbonyl (C=O) groups is 1. The molecule has 1 aliphatic heterocycles. The van der Waals surface area contributed by atoms with Crippen molar-refractivity contribution in [3.05, 3.63) is 59.4 Å². The van der Waals surface area contributed by atoms with Gasteiger partial charge in [0.25, 0.3) is 0 Å². The lowest BCUT2D eigenvalue weighted by atomic mass is 9.94. The highest BCUT2D eigenvalue weighted by Crippen LogP contribution is 2.25. The van der Waals surface area contributed by atoms with Crippen molar-refractivity contribution in [1.29, 1.82) is 0 Å². The number of ether oxygens (including phenoxy) is 1. The molecule has 1 fully saturated rings. The van der Waals surface area contributed by atoms with Gasteiger partial charge in [0.15, 0.2) is 0 Å². The van der Waals surface area contributed by atoms with Gasteiger partial charge in [-0.15, -0.1) is 0 Å². The zero-order valence-electron chi connectivity index (χ0n) is 13.6. The first-order valence-corrected chi connectivity index (χ1v) is 8.31. The Morgan fingerprint density at radius 2 is 2.00 bits per heavy atom. The molecular formula is C19H24N2O2. The molecule has 1 aromatic carbocycles. The van der Waals surface area contributed by atoms with Crippen molar-refractivity contribution in [1.82, 2.24) is 10.2 Å². The topological polar surface area (TPSA) is 41.6 Å². The first kappa shape index (κ1) is 15.8. The summed E-state index contributed by atoms with van der Waals surface area (Å²) in [5.41, 5.74) is 2.00. The molecule has 1 heterocycles. The van der Waals surface area contributed by atoms with Crippen LogP contribution in [0.1, 0.15) is 18.9 Å². The summed E-state index contributed by atoms with van der Waals surface area (Å²) in [7, 11) is 0. The molecule has 2 aliphatic rings. The summed E-state index contributed by atoms with van der Waals surface area (Å²) >= 11 is 0. The molecule has 1 amide bonds. The molecule has 3 rings (SSSR count). The highest BCUT2D eigenvalue weighted by Gasteiger charge is 2.24. The van der Waals surface area contributed by atoms with Crippen molar-refractivity contribution < 1.29 is 9.53 Å². The quantitative estimate of drug-likeness (QED) is 0.929. The molecule has 1 aromatic rings. The summed E-state index contributed by atoms with van der Waals surface area (Å²) in [4.78, 5) is 14.6. The van der Waals surface area contributed by atoms with Crippen molar-refractivity contribution in [2.24, 2.45) is 5.92 Å². The number of nitrogens with zero attached hydrogens (tertiary/aromatic N) is 1. The predicted octanol–water partition coefficient (Wildman–Crippen LogP) is 2.49. The van der Waals surface area contributed by atoms with Gasteiger partial charge < -0.3 is 15.0 Å². The fraction of sp³-hybridized carbons (Fsp3) is 0.421. The zero-order chi connectivity index (χ0) is 16.1. The molecule has 4 nitrogen and oxygen atoms in total. The van der Waals surface area contributed by atoms with E-state index in [0.29, 0.717) is 12.5 Å². The summed E-state index contributed by atoms with van der Waals surface area (Å²) in [5, 5.41) is 3.28. The Hall–Kier alpha value is -2.07. The van der Waals surface area contributed by atoms with Gasteiger partial charge in [-0.05, 0) is 30.1 Å². The molecule has 1 aliphatic carbocycles. The first-order valence-electron chi connectivity index (χ1n) is 8.31. The van der Waals surface area contributed by atoms with E-state index in [0.717, 1.165) is 49.5 Å². The van der Waals surface area contributed by atoms with Gasteiger partial charge in [-0.25, -0.2) is 0 Å². The Kier molecular flexibility index (Phi) is 5.13. The van der Waals surface area contributed by atoms with Crippen LogP contribution in [-0.2, 0) is 16.1 Å². The first-order chi connectivity index (χ1) is 11.2. The van der Waals surface area contributed by atoms with Crippen LogP contribution in [0.25, 0.3) is 0 Å². The molecule has 0 spiro atoms. The number of rotatable bonds is 4. The van der Waals surface area contributed by atoms with E-state index in [-0.39, 0.29) is 5.91 Å². The molecule has 4 heteroatoms. The van der Waals surface area contributed by atoms with E-state index in [9.17, 15) is 4.79 Å². The molecule has 0 radical (unpaired) electrons. The fourth-order valence-corrected chi connectivity index (χ4v) is 3.02. The normalized spacial score (nSPS) is 21.4. The van der Waals surface area contributed by atoms with E-state index >= 15 is 0 Å². The van der Waals surface area contributed by atoms with Crippen molar-refractivity contribution in [3.63, 3.8) is 0 Å². The summed E-state index contributed by atoms with van der Waals surface area (Å²) in [6.45, 7) is 5.99. The summed E-state index contributed by atoms with van der Waals surface area (Å²) < 4.78 is 5.91. The van der Waals surface area contributed by atoms with Crippen LogP contribution in [0.15, 0.2) is 53.8 Å². The summed E-state index contributed by atoms with van der Waals surface area (Å²) in [5.74, 6) is 1.30. The van der Waals surface area contributed by atoms with Gasteiger partial charge in [-0.2, -0.15) is 0 Å². The zero-order valence-corrected chi connectivity index (χ0v) is 13.6. The maximum atomic E-state index is 12.7. The minimum Gasteiger partial charge on any atom is -0.489 e. The predicted molar refractivity (Wildman–Crippen MR) is 90.6 cm³/mol. The molecule has 0 saturated carbocycles. The summed E-state index contributed by atoms with van der Waals surface area (Å²) in [6.07, 6.45) is 4.83.